The van der Waals surface area contributed by atoms with Crippen molar-refractivity contribution in [3.05, 3.63) is 10.6 Å². The van der Waals surface area contributed by atoms with Crippen molar-refractivity contribution in [3.8, 4) is 0 Å². The Balaban J connectivity index is 1.73. The lowest BCUT2D eigenvalue weighted by atomic mass is 10.1. The molecule has 1 N–H and O–H groups in total. The largest absolute Gasteiger partial charge is 0.377 e. The van der Waals surface area contributed by atoms with Crippen molar-refractivity contribution in [2.75, 3.05) is 31.6 Å². The topological polar surface area (TPSA) is 37.4 Å². The maximum atomic E-state index is 5.80. The lowest BCUT2D eigenvalue weighted by Crippen LogP contribution is -2.39. The van der Waals surface area contributed by atoms with Crippen LogP contribution in [0.15, 0.2) is 0 Å². The van der Waals surface area contributed by atoms with Gasteiger partial charge in [-0.2, -0.15) is 0 Å². The maximum Gasteiger partial charge on any atom is 0.185 e. The molecular weight excluding hydrogens is 270 g/mol. The average molecular weight is 295 g/mol. The van der Waals surface area contributed by atoms with Gasteiger partial charge in [0.15, 0.2) is 5.13 Å². The smallest absolute Gasteiger partial charge is 0.185 e. The molecule has 5 heteroatoms. The zero-order valence-electron chi connectivity index (χ0n) is 12.5. The third-order valence-electron chi connectivity index (χ3n) is 4.07. The quantitative estimate of drug-likeness (QED) is 0.875. The molecule has 0 radical (unpaired) electrons. The Morgan fingerprint density at radius 1 is 1.40 bits per heavy atom. The van der Waals surface area contributed by atoms with E-state index in [-0.39, 0.29) is 0 Å². The molecule has 4 nitrogen and oxygen atoms in total. The molecule has 20 heavy (non-hydrogen) atoms. The van der Waals surface area contributed by atoms with Crippen molar-refractivity contribution < 1.29 is 4.74 Å². The molecule has 0 amide bonds. The first kappa shape index (κ1) is 14.3. The number of nitrogens with one attached hydrogen (secondary N) is 1. The van der Waals surface area contributed by atoms with Crippen LogP contribution in [0, 0.1) is 0 Å². The summed E-state index contributed by atoms with van der Waals surface area (Å²) < 4.78 is 5.80. The average Bonchev–Trinajstić information content (AvgIpc) is 3.21. The summed E-state index contributed by atoms with van der Waals surface area (Å²) in [7, 11) is 2.02. The number of thiazole rings is 1. The Hall–Kier alpha value is -0.650. The molecule has 1 saturated carbocycles. The van der Waals surface area contributed by atoms with E-state index in [0.717, 1.165) is 32.2 Å². The van der Waals surface area contributed by atoms with Crippen LogP contribution < -0.4 is 10.2 Å². The summed E-state index contributed by atoms with van der Waals surface area (Å²) in [6.07, 6.45) is 5.43. The highest BCUT2D eigenvalue weighted by molar-refractivity contribution is 7.15. The lowest BCUT2D eigenvalue weighted by molar-refractivity contribution is 0.0526. The van der Waals surface area contributed by atoms with Crippen LogP contribution in [0.5, 0.6) is 0 Å². The summed E-state index contributed by atoms with van der Waals surface area (Å²) in [5.41, 5.74) is 1.36. The van der Waals surface area contributed by atoms with Crippen molar-refractivity contribution in [2.45, 2.75) is 51.2 Å². The fourth-order valence-corrected chi connectivity index (χ4v) is 4.13. The standard InChI is InChI=1S/C15H25N3OS/c1-3-19-12-5-4-8-18(10-12)15-17-14(11-6-7-11)13(20-15)9-16-2/h11-12,16H,3-10H2,1-2H3. The van der Waals surface area contributed by atoms with E-state index in [9.17, 15) is 0 Å². The first-order chi connectivity index (χ1) is 9.81. The SMILES string of the molecule is CCOC1CCCN(c2nc(C3CC3)c(CNC)s2)C1. The van der Waals surface area contributed by atoms with E-state index in [2.05, 4.69) is 17.1 Å². The summed E-state index contributed by atoms with van der Waals surface area (Å²) in [6.45, 7) is 5.98. The third kappa shape index (κ3) is 3.15. The molecular formula is C15H25N3OS. The first-order valence-electron chi connectivity index (χ1n) is 7.82. The number of aromatic nitrogens is 1. The van der Waals surface area contributed by atoms with E-state index >= 15 is 0 Å². The van der Waals surface area contributed by atoms with Gasteiger partial charge in [-0.05, 0) is 39.7 Å². The van der Waals surface area contributed by atoms with Crippen LogP contribution in [-0.4, -0.2) is 37.8 Å². The molecule has 1 aromatic rings. The third-order valence-corrected chi connectivity index (χ3v) is 5.20. The Morgan fingerprint density at radius 2 is 2.25 bits per heavy atom. The highest BCUT2D eigenvalue weighted by Crippen LogP contribution is 2.44. The molecule has 2 fully saturated rings. The summed E-state index contributed by atoms with van der Waals surface area (Å²) in [4.78, 5) is 8.82. The Morgan fingerprint density at radius 3 is 2.95 bits per heavy atom. The Kier molecular flexibility index (Phi) is 4.58. The van der Waals surface area contributed by atoms with E-state index in [1.54, 1.807) is 0 Å². The molecule has 0 aromatic carbocycles. The lowest BCUT2D eigenvalue weighted by Gasteiger charge is -2.32. The van der Waals surface area contributed by atoms with E-state index < -0.39 is 0 Å². The van der Waals surface area contributed by atoms with Gasteiger partial charge in [0.2, 0.25) is 0 Å². The molecule has 1 atom stereocenters. The summed E-state index contributed by atoms with van der Waals surface area (Å²) in [5, 5.41) is 4.49. The number of anilines is 1. The number of hydrogen-bond acceptors (Lipinski definition) is 5. The normalized spacial score (nSPS) is 23.3. The molecule has 112 valence electrons. The fourth-order valence-electron chi connectivity index (χ4n) is 2.93. The molecule has 2 aliphatic rings. The van der Waals surface area contributed by atoms with Crippen LogP contribution in [-0.2, 0) is 11.3 Å². The van der Waals surface area contributed by atoms with Gasteiger partial charge in [0.1, 0.15) is 0 Å². The number of hydrogen-bond donors (Lipinski definition) is 1. The van der Waals surface area contributed by atoms with Gasteiger partial charge in [-0.3, -0.25) is 0 Å². The molecule has 1 saturated heterocycles. The van der Waals surface area contributed by atoms with E-state index in [1.807, 2.05) is 18.4 Å². The molecule has 1 aliphatic heterocycles. The maximum absolute atomic E-state index is 5.80. The molecule has 0 bridgehead atoms. The van der Waals surface area contributed by atoms with E-state index in [1.165, 1.54) is 41.4 Å². The Bertz CT molecular complexity index is 442. The summed E-state index contributed by atoms with van der Waals surface area (Å²) >= 11 is 1.88. The molecule has 1 aliphatic carbocycles. The zero-order valence-corrected chi connectivity index (χ0v) is 13.3. The zero-order chi connectivity index (χ0) is 13.9. The number of ether oxygens (including phenoxy) is 1. The fraction of sp³-hybridized carbons (Fsp3) is 0.800. The number of nitrogens with zero attached hydrogens (tertiary/aromatic N) is 2. The second-order valence-corrected chi connectivity index (χ2v) is 6.84. The number of rotatable bonds is 6. The minimum Gasteiger partial charge on any atom is -0.377 e. The molecule has 2 heterocycles. The Labute approximate surface area is 125 Å². The minimum atomic E-state index is 0.384. The highest BCUT2D eigenvalue weighted by Gasteiger charge is 2.31. The summed E-state index contributed by atoms with van der Waals surface area (Å²) in [6, 6.07) is 0. The molecule has 0 spiro atoms. The molecule has 1 aromatic heterocycles. The van der Waals surface area contributed by atoms with Crippen LogP contribution in [0.3, 0.4) is 0 Å². The number of piperidine rings is 1. The second kappa shape index (κ2) is 6.41. The van der Waals surface area contributed by atoms with Crippen molar-refractivity contribution in [2.24, 2.45) is 0 Å². The van der Waals surface area contributed by atoms with Crippen molar-refractivity contribution in [1.82, 2.24) is 10.3 Å². The van der Waals surface area contributed by atoms with Crippen LogP contribution in [0.2, 0.25) is 0 Å². The highest BCUT2D eigenvalue weighted by atomic mass is 32.1. The van der Waals surface area contributed by atoms with Gasteiger partial charge in [0, 0.05) is 37.0 Å². The predicted molar refractivity (Wildman–Crippen MR) is 83.7 cm³/mol. The van der Waals surface area contributed by atoms with Gasteiger partial charge in [0.05, 0.1) is 11.8 Å². The van der Waals surface area contributed by atoms with Crippen molar-refractivity contribution in [1.29, 1.82) is 0 Å². The van der Waals surface area contributed by atoms with Gasteiger partial charge < -0.3 is 15.0 Å². The van der Waals surface area contributed by atoms with Crippen molar-refractivity contribution >= 4 is 16.5 Å². The van der Waals surface area contributed by atoms with Crippen molar-refractivity contribution in [3.63, 3.8) is 0 Å². The first-order valence-corrected chi connectivity index (χ1v) is 8.64. The second-order valence-electron chi connectivity index (χ2n) is 5.78. The van der Waals surface area contributed by atoms with Gasteiger partial charge in [-0.15, -0.1) is 11.3 Å². The van der Waals surface area contributed by atoms with Crippen LogP contribution >= 0.6 is 11.3 Å². The van der Waals surface area contributed by atoms with Crippen LogP contribution in [0.4, 0.5) is 5.13 Å². The molecule has 3 rings (SSSR count). The summed E-state index contributed by atoms with van der Waals surface area (Å²) in [5.74, 6) is 0.732. The van der Waals surface area contributed by atoms with Gasteiger partial charge in [-0.1, -0.05) is 0 Å². The van der Waals surface area contributed by atoms with Crippen LogP contribution in [0.1, 0.15) is 49.1 Å². The van der Waals surface area contributed by atoms with Gasteiger partial charge in [-0.25, -0.2) is 4.98 Å². The van der Waals surface area contributed by atoms with Crippen LogP contribution in [0.25, 0.3) is 0 Å². The molecule has 1 unspecified atom stereocenters. The van der Waals surface area contributed by atoms with Gasteiger partial charge >= 0.3 is 0 Å². The predicted octanol–water partition coefficient (Wildman–Crippen LogP) is 2.75. The minimum absolute atomic E-state index is 0.384. The van der Waals surface area contributed by atoms with Gasteiger partial charge in [0.25, 0.3) is 0 Å². The van der Waals surface area contributed by atoms with E-state index in [0.29, 0.717) is 6.10 Å². The van der Waals surface area contributed by atoms with E-state index in [4.69, 9.17) is 9.72 Å². The monoisotopic (exact) mass is 295 g/mol.